The number of aromatic amines is 2. The summed E-state index contributed by atoms with van der Waals surface area (Å²) in [4.78, 5) is 44.5. The zero-order valence-electron chi connectivity index (χ0n) is 26.2. The number of ether oxygens (including phenoxy) is 1. The molecule has 8 rings (SSSR count). The maximum Gasteiger partial charge on any atom is 0.335 e. The molecule has 0 spiro atoms. The van der Waals surface area contributed by atoms with Gasteiger partial charge in [0.25, 0.3) is 0 Å². The fourth-order valence-electron chi connectivity index (χ4n) is 6.35. The van der Waals surface area contributed by atoms with Crippen molar-refractivity contribution in [3.05, 3.63) is 52.9 Å². The van der Waals surface area contributed by atoms with Crippen LogP contribution in [0.1, 0.15) is 30.3 Å². The van der Waals surface area contributed by atoms with E-state index < -0.39 is 41.5 Å². The molecular formula is C32H34F2N6O9. The molecule has 3 saturated heterocycles. The number of hydrogen-bond donors (Lipinski definition) is 7. The Morgan fingerprint density at radius 1 is 1.04 bits per heavy atom. The summed E-state index contributed by atoms with van der Waals surface area (Å²) in [5.74, 6) is -4.73. The number of amides is 1. The Bertz CT molecular complexity index is 1900. The van der Waals surface area contributed by atoms with Gasteiger partial charge in [0.05, 0.1) is 47.6 Å². The van der Waals surface area contributed by atoms with E-state index in [0.29, 0.717) is 66.2 Å². The van der Waals surface area contributed by atoms with Crippen LogP contribution in [0, 0.1) is 11.6 Å². The van der Waals surface area contributed by atoms with Crippen molar-refractivity contribution in [2.45, 2.75) is 57.1 Å². The molecule has 2 aromatic carbocycles. The third kappa shape index (κ3) is 6.82. The molecule has 7 N–H and O–H groups in total. The van der Waals surface area contributed by atoms with Crippen LogP contribution in [0.4, 0.5) is 8.78 Å². The molecule has 0 saturated carbocycles. The Labute approximate surface area is 276 Å². The van der Waals surface area contributed by atoms with Crippen molar-refractivity contribution in [1.29, 1.82) is 0 Å². The molecule has 0 radical (unpaired) electrons. The number of nitrogens with one attached hydrogen (secondary N) is 2. The van der Waals surface area contributed by atoms with E-state index >= 15 is 4.39 Å². The number of piperidine rings is 1. The molecule has 6 heterocycles. The number of carbonyl (C=O) groups excluding carboxylic acids is 1. The number of benzene rings is 2. The van der Waals surface area contributed by atoms with Crippen LogP contribution in [0.2, 0.25) is 0 Å². The molecule has 2 aromatic heterocycles. The highest BCUT2D eigenvalue weighted by atomic mass is 19.1. The van der Waals surface area contributed by atoms with E-state index in [-0.39, 0.29) is 23.5 Å². The first-order valence-corrected chi connectivity index (χ1v) is 15.6. The van der Waals surface area contributed by atoms with Crippen LogP contribution in [-0.2, 0) is 38.5 Å². The molecule has 17 heteroatoms. The number of rotatable bonds is 8. The van der Waals surface area contributed by atoms with Crippen LogP contribution < -0.4 is 0 Å². The number of fused-ring (bicyclic) bond motifs is 4. The lowest BCUT2D eigenvalue weighted by molar-refractivity contribution is -0.183. The fraction of sp³-hybridized carbons (Fsp3) is 0.406. The molecule has 4 aliphatic heterocycles. The molecule has 1 amide bonds. The maximum absolute atomic E-state index is 15.5. The number of aromatic hydroxyl groups is 1. The minimum atomic E-state index is -2.27. The summed E-state index contributed by atoms with van der Waals surface area (Å²) in [5.41, 5.74) is 4.17. The summed E-state index contributed by atoms with van der Waals surface area (Å²) in [5, 5.41) is 49.8. The van der Waals surface area contributed by atoms with E-state index in [1.807, 2.05) is 11.8 Å². The fourth-order valence-corrected chi connectivity index (χ4v) is 6.35. The highest BCUT2D eigenvalue weighted by Crippen LogP contribution is 2.36. The quantitative estimate of drug-likeness (QED) is 0.140. The van der Waals surface area contributed by atoms with Crippen LogP contribution in [0.15, 0.2) is 24.3 Å². The van der Waals surface area contributed by atoms with E-state index in [1.165, 1.54) is 18.2 Å². The Hall–Kier alpha value is -4.97. The largest absolute Gasteiger partial charge is 0.505 e. The Morgan fingerprint density at radius 2 is 1.71 bits per heavy atom. The number of phenols is 1. The average molecular weight is 685 g/mol. The molecule has 4 unspecified atom stereocenters. The summed E-state index contributed by atoms with van der Waals surface area (Å²) >= 11 is 0. The van der Waals surface area contributed by atoms with E-state index in [0.717, 1.165) is 30.9 Å². The van der Waals surface area contributed by atoms with Gasteiger partial charge in [0.15, 0.2) is 29.6 Å². The lowest BCUT2D eigenvalue weighted by Crippen LogP contribution is -2.59. The van der Waals surface area contributed by atoms with Gasteiger partial charge in [0, 0.05) is 32.5 Å². The van der Waals surface area contributed by atoms with Crippen molar-refractivity contribution in [2.24, 2.45) is 0 Å². The van der Waals surface area contributed by atoms with Crippen molar-refractivity contribution in [1.82, 2.24) is 30.0 Å². The molecule has 4 aliphatic rings. The molecular weight excluding hydrogens is 650 g/mol. The summed E-state index contributed by atoms with van der Waals surface area (Å²) in [6.07, 6.45) is -1.77. The van der Waals surface area contributed by atoms with Gasteiger partial charge < -0.3 is 40.2 Å². The lowest BCUT2D eigenvalue weighted by atomic mass is 9.96. The highest BCUT2D eigenvalue weighted by molar-refractivity contribution is 5.95. The molecule has 15 nitrogen and oxygen atoms in total. The van der Waals surface area contributed by atoms with Gasteiger partial charge in [-0.25, -0.2) is 23.4 Å². The molecule has 260 valence electrons. The number of carbonyl (C=O) groups is 3. The van der Waals surface area contributed by atoms with Gasteiger partial charge in [-0.2, -0.15) is 5.10 Å². The Kier molecular flexibility index (Phi) is 9.35. The molecule has 4 aromatic rings. The summed E-state index contributed by atoms with van der Waals surface area (Å²) in [7, 11) is 0. The zero-order chi connectivity index (χ0) is 35.1. The number of carboxylic acids is 2. The second kappa shape index (κ2) is 13.5. The third-order valence-corrected chi connectivity index (χ3v) is 8.89. The number of imidazole rings is 1. The standard InChI is InChI=1S/C28H28F2N6O3.C4H6O6/c1-2-14-7-24(37)19(29)9-18(14)15-5-20(30)26-22(6-15)33-34-27(26)28-31-21-3-4-36(12-23(21)32-28)25(38)13-35-10-16-8-17(11-35)39-16;5-1(3(7)8)2(6)4(9)10/h5-7,9,16-17,37H,2-4,8,10-13H2,1H3,(H,31,32)(H,33,34);1-2,5-6H,(H,7,8)(H,9,10). The third-order valence-electron chi connectivity index (χ3n) is 8.89. The number of H-pyrrole nitrogens is 2. The number of aliphatic carboxylic acids is 2. The van der Waals surface area contributed by atoms with Gasteiger partial charge in [0.1, 0.15) is 11.5 Å². The van der Waals surface area contributed by atoms with Crippen LogP contribution in [0.25, 0.3) is 33.5 Å². The van der Waals surface area contributed by atoms with Crippen molar-refractivity contribution in [3.8, 4) is 28.4 Å². The number of nitrogens with zero attached hydrogens (tertiary/aromatic N) is 4. The van der Waals surface area contributed by atoms with Crippen LogP contribution in [0.5, 0.6) is 5.75 Å². The minimum Gasteiger partial charge on any atom is -0.505 e. The lowest BCUT2D eigenvalue weighted by Gasteiger charge is -2.47. The summed E-state index contributed by atoms with van der Waals surface area (Å²) < 4.78 is 35.3. The number of aryl methyl sites for hydroxylation is 1. The monoisotopic (exact) mass is 684 g/mol. The predicted molar refractivity (Wildman–Crippen MR) is 166 cm³/mol. The molecule has 4 atom stereocenters. The van der Waals surface area contributed by atoms with E-state index in [2.05, 4.69) is 20.1 Å². The normalized spacial score (nSPS) is 19.7. The smallest absolute Gasteiger partial charge is 0.335 e. The molecule has 49 heavy (non-hydrogen) atoms. The number of carboxylic acid groups (broad SMARTS) is 2. The number of aromatic nitrogens is 4. The molecule has 0 aliphatic carbocycles. The summed E-state index contributed by atoms with van der Waals surface area (Å²) in [6.45, 7) is 4.87. The van der Waals surface area contributed by atoms with Gasteiger partial charge in [-0.3, -0.25) is 14.8 Å². The predicted octanol–water partition coefficient (Wildman–Crippen LogP) is 1.40. The second-order valence-corrected chi connectivity index (χ2v) is 12.2. The van der Waals surface area contributed by atoms with Crippen LogP contribution in [-0.4, -0.2) is 124 Å². The van der Waals surface area contributed by atoms with Crippen molar-refractivity contribution < 1.29 is 53.4 Å². The van der Waals surface area contributed by atoms with Gasteiger partial charge >= 0.3 is 11.9 Å². The van der Waals surface area contributed by atoms with E-state index in [4.69, 9.17) is 30.1 Å². The Morgan fingerprint density at radius 3 is 2.35 bits per heavy atom. The second-order valence-electron chi connectivity index (χ2n) is 12.2. The van der Waals surface area contributed by atoms with Gasteiger partial charge in [-0.1, -0.05) is 6.92 Å². The highest BCUT2D eigenvalue weighted by Gasteiger charge is 2.39. The van der Waals surface area contributed by atoms with Crippen LogP contribution >= 0.6 is 0 Å². The number of halogens is 2. The van der Waals surface area contributed by atoms with Crippen molar-refractivity contribution in [2.75, 3.05) is 26.2 Å². The summed E-state index contributed by atoms with van der Waals surface area (Å²) in [6, 6.07) is 5.67. The van der Waals surface area contributed by atoms with Crippen molar-refractivity contribution >= 4 is 28.7 Å². The number of hydrogen-bond acceptors (Lipinski definition) is 10. The van der Waals surface area contributed by atoms with Gasteiger partial charge in [-0.15, -0.1) is 0 Å². The first kappa shape index (κ1) is 33.9. The number of aliphatic hydroxyl groups excluding tert-OH is 2. The Balaban J connectivity index is 0.000000365. The van der Waals surface area contributed by atoms with E-state index in [1.54, 1.807) is 6.07 Å². The average Bonchev–Trinajstić information content (AvgIpc) is 3.69. The van der Waals surface area contributed by atoms with Crippen molar-refractivity contribution in [3.63, 3.8) is 0 Å². The first-order valence-electron chi connectivity index (χ1n) is 15.6. The zero-order valence-corrected chi connectivity index (χ0v) is 26.2. The molecule has 3 fully saturated rings. The number of morpholine rings is 1. The van der Waals surface area contributed by atoms with Gasteiger partial charge in [-0.05, 0) is 47.4 Å². The van der Waals surface area contributed by atoms with Gasteiger partial charge in [0.2, 0.25) is 5.91 Å². The van der Waals surface area contributed by atoms with E-state index in [9.17, 15) is 23.9 Å². The topological polar surface area (TPSA) is 225 Å². The maximum atomic E-state index is 15.5. The SMILES string of the molecule is CCc1cc(O)c(F)cc1-c1cc(F)c2c(-c3nc4c([nH]3)CN(C(=O)CN3CC5CC(C3)O5)CC4)n[nH]c2c1.O=C(O)C(O)C(O)C(=O)O. The van der Waals surface area contributed by atoms with Crippen LogP contribution in [0.3, 0.4) is 0 Å². The first-order chi connectivity index (χ1) is 23.3. The number of phenolic OH excluding ortho intramolecular Hbond substituents is 1. The number of aliphatic hydroxyl groups is 2. The minimum absolute atomic E-state index is 0.0824. The molecule has 2 bridgehead atoms.